The van der Waals surface area contributed by atoms with Crippen LogP contribution in [0.3, 0.4) is 0 Å². The van der Waals surface area contributed by atoms with Gasteiger partial charge in [0.1, 0.15) is 11.5 Å². The molecule has 0 saturated heterocycles. The number of halogens is 1. The summed E-state index contributed by atoms with van der Waals surface area (Å²) < 4.78 is 6.89. The molecule has 0 aliphatic rings. The van der Waals surface area contributed by atoms with Gasteiger partial charge in [0.2, 0.25) is 0 Å². The van der Waals surface area contributed by atoms with Gasteiger partial charge in [-0.15, -0.1) is 0 Å². The molecule has 21 heavy (non-hydrogen) atoms. The van der Waals surface area contributed by atoms with Crippen LogP contribution < -0.4 is 4.74 Å². The SMILES string of the molecule is Cc1cc(C#N)cc(C)c1Oc1cc(Br)ccc1C(C)O. The van der Waals surface area contributed by atoms with Crippen LogP contribution in [0.2, 0.25) is 0 Å². The number of benzene rings is 2. The van der Waals surface area contributed by atoms with E-state index < -0.39 is 6.10 Å². The van der Waals surface area contributed by atoms with Gasteiger partial charge in [0.15, 0.2) is 0 Å². The van der Waals surface area contributed by atoms with E-state index in [2.05, 4.69) is 22.0 Å². The van der Waals surface area contributed by atoms with E-state index in [9.17, 15) is 5.11 Å². The smallest absolute Gasteiger partial charge is 0.134 e. The molecule has 4 heteroatoms. The Labute approximate surface area is 132 Å². The zero-order chi connectivity index (χ0) is 15.6. The highest BCUT2D eigenvalue weighted by molar-refractivity contribution is 9.10. The fourth-order valence-corrected chi connectivity index (χ4v) is 2.57. The summed E-state index contributed by atoms with van der Waals surface area (Å²) in [5.74, 6) is 1.32. The predicted octanol–water partition coefficient (Wildman–Crippen LogP) is 4.78. The number of aliphatic hydroxyl groups excluding tert-OH is 1. The maximum Gasteiger partial charge on any atom is 0.134 e. The van der Waals surface area contributed by atoms with Crippen LogP contribution in [-0.2, 0) is 0 Å². The lowest BCUT2D eigenvalue weighted by atomic mass is 10.1. The van der Waals surface area contributed by atoms with Crippen molar-refractivity contribution < 1.29 is 9.84 Å². The Hall–Kier alpha value is -1.83. The van der Waals surface area contributed by atoms with Crippen molar-refractivity contribution in [3.63, 3.8) is 0 Å². The molecule has 0 heterocycles. The third kappa shape index (κ3) is 3.44. The molecule has 0 spiro atoms. The Balaban J connectivity index is 2.48. The highest BCUT2D eigenvalue weighted by atomic mass is 79.9. The van der Waals surface area contributed by atoms with E-state index in [4.69, 9.17) is 10.00 Å². The fourth-order valence-electron chi connectivity index (χ4n) is 2.23. The van der Waals surface area contributed by atoms with Gasteiger partial charge in [0.25, 0.3) is 0 Å². The van der Waals surface area contributed by atoms with Gasteiger partial charge in [-0.2, -0.15) is 5.26 Å². The van der Waals surface area contributed by atoms with Gasteiger partial charge in [-0.3, -0.25) is 0 Å². The summed E-state index contributed by atoms with van der Waals surface area (Å²) in [6.07, 6.45) is -0.618. The molecule has 0 aliphatic carbocycles. The molecule has 0 saturated carbocycles. The Morgan fingerprint density at radius 3 is 2.33 bits per heavy atom. The van der Waals surface area contributed by atoms with E-state index in [-0.39, 0.29) is 0 Å². The van der Waals surface area contributed by atoms with Crippen molar-refractivity contribution in [2.45, 2.75) is 26.9 Å². The van der Waals surface area contributed by atoms with Crippen LogP contribution in [0.5, 0.6) is 11.5 Å². The molecular weight excluding hydrogens is 330 g/mol. The van der Waals surface area contributed by atoms with Gasteiger partial charge in [-0.25, -0.2) is 0 Å². The van der Waals surface area contributed by atoms with Gasteiger partial charge in [0, 0.05) is 10.0 Å². The van der Waals surface area contributed by atoms with Gasteiger partial charge < -0.3 is 9.84 Å². The first-order valence-electron chi connectivity index (χ1n) is 6.59. The zero-order valence-electron chi connectivity index (χ0n) is 12.1. The average Bonchev–Trinajstić information content (AvgIpc) is 2.42. The summed E-state index contributed by atoms with van der Waals surface area (Å²) in [4.78, 5) is 0. The number of ether oxygens (including phenoxy) is 1. The van der Waals surface area contributed by atoms with Crippen LogP contribution in [0.4, 0.5) is 0 Å². The van der Waals surface area contributed by atoms with E-state index in [0.717, 1.165) is 21.2 Å². The largest absolute Gasteiger partial charge is 0.456 e. The molecule has 0 radical (unpaired) electrons. The second-order valence-corrected chi connectivity index (χ2v) is 5.93. The molecule has 1 unspecified atom stereocenters. The first-order valence-corrected chi connectivity index (χ1v) is 7.38. The lowest BCUT2D eigenvalue weighted by molar-refractivity contribution is 0.195. The molecule has 0 aliphatic heterocycles. The monoisotopic (exact) mass is 345 g/mol. The quantitative estimate of drug-likeness (QED) is 0.870. The lowest BCUT2D eigenvalue weighted by Gasteiger charge is -2.17. The molecule has 2 aromatic carbocycles. The van der Waals surface area contributed by atoms with E-state index in [1.807, 2.05) is 32.0 Å². The summed E-state index contributed by atoms with van der Waals surface area (Å²) in [5, 5.41) is 18.8. The maximum atomic E-state index is 9.86. The Bertz CT molecular complexity index is 694. The number of nitrogens with zero attached hydrogens (tertiary/aromatic N) is 1. The molecular formula is C17H16BrNO2. The van der Waals surface area contributed by atoms with Crippen LogP contribution in [0.15, 0.2) is 34.8 Å². The summed E-state index contributed by atoms with van der Waals surface area (Å²) in [5.41, 5.74) is 3.12. The van der Waals surface area contributed by atoms with Crippen LogP contribution in [0, 0.1) is 25.2 Å². The van der Waals surface area contributed by atoms with Gasteiger partial charge in [0.05, 0.1) is 17.7 Å². The minimum atomic E-state index is -0.618. The molecule has 0 bridgehead atoms. The minimum absolute atomic E-state index is 0.607. The number of aryl methyl sites for hydroxylation is 2. The topological polar surface area (TPSA) is 53.2 Å². The number of rotatable bonds is 3. The fraction of sp³-hybridized carbons (Fsp3) is 0.235. The Morgan fingerprint density at radius 2 is 1.81 bits per heavy atom. The molecule has 0 fully saturated rings. The molecule has 2 aromatic rings. The van der Waals surface area contributed by atoms with Crippen molar-refractivity contribution in [2.75, 3.05) is 0 Å². The number of hydrogen-bond donors (Lipinski definition) is 1. The van der Waals surface area contributed by atoms with Crippen molar-refractivity contribution in [1.82, 2.24) is 0 Å². The second-order valence-electron chi connectivity index (χ2n) is 5.01. The molecule has 1 atom stereocenters. The minimum Gasteiger partial charge on any atom is -0.456 e. The van der Waals surface area contributed by atoms with E-state index >= 15 is 0 Å². The lowest BCUT2D eigenvalue weighted by Crippen LogP contribution is -1.99. The molecule has 1 N–H and O–H groups in total. The summed E-state index contributed by atoms with van der Waals surface area (Å²) in [6, 6.07) is 11.3. The van der Waals surface area contributed by atoms with Crippen LogP contribution >= 0.6 is 15.9 Å². The first kappa shape index (κ1) is 15.6. The summed E-state index contributed by atoms with van der Waals surface area (Å²) >= 11 is 3.41. The van der Waals surface area contributed by atoms with Gasteiger partial charge in [-0.05, 0) is 56.2 Å². The van der Waals surface area contributed by atoms with Crippen molar-refractivity contribution in [3.8, 4) is 17.6 Å². The van der Waals surface area contributed by atoms with Gasteiger partial charge >= 0.3 is 0 Å². The maximum absolute atomic E-state index is 9.86. The second kappa shape index (κ2) is 6.30. The van der Waals surface area contributed by atoms with E-state index in [0.29, 0.717) is 17.1 Å². The molecule has 2 rings (SSSR count). The average molecular weight is 346 g/mol. The molecule has 108 valence electrons. The normalized spacial score (nSPS) is 11.8. The molecule has 0 amide bonds. The molecule has 0 aromatic heterocycles. The first-order chi connectivity index (χ1) is 9.92. The van der Waals surface area contributed by atoms with Crippen molar-refractivity contribution in [1.29, 1.82) is 5.26 Å². The van der Waals surface area contributed by atoms with Crippen LogP contribution in [0.25, 0.3) is 0 Å². The van der Waals surface area contributed by atoms with Crippen molar-refractivity contribution in [2.24, 2.45) is 0 Å². The van der Waals surface area contributed by atoms with Crippen LogP contribution in [0.1, 0.15) is 35.3 Å². The third-order valence-corrected chi connectivity index (χ3v) is 3.72. The number of nitriles is 1. The predicted molar refractivity (Wildman–Crippen MR) is 85.5 cm³/mol. The summed E-state index contributed by atoms with van der Waals surface area (Å²) in [7, 11) is 0. The van der Waals surface area contributed by atoms with Crippen molar-refractivity contribution >= 4 is 15.9 Å². The number of aliphatic hydroxyl groups is 1. The van der Waals surface area contributed by atoms with E-state index in [1.165, 1.54) is 0 Å². The van der Waals surface area contributed by atoms with Gasteiger partial charge in [-0.1, -0.05) is 22.0 Å². The van der Waals surface area contributed by atoms with Crippen molar-refractivity contribution in [3.05, 3.63) is 57.1 Å². The van der Waals surface area contributed by atoms with E-state index in [1.54, 1.807) is 19.1 Å². The standard InChI is InChI=1S/C17H16BrNO2/c1-10-6-13(9-19)7-11(2)17(10)21-16-8-14(18)4-5-15(16)12(3)20/h4-8,12,20H,1-3H3. The highest BCUT2D eigenvalue weighted by Gasteiger charge is 2.14. The third-order valence-electron chi connectivity index (χ3n) is 3.23. The zero-order valence-corrected chi connectivity index (χ0v) is 13.7. The summed E-state index contributed by atoms with van der Waals surface area (Å²) in [6.45, 7) is 5.51. The highest BCUT2D eigenvalue weighted by Crippen LogP contribution is 2.35. The molecule has 3 nitrogen and oxygen atoms in total. The van der Waals surface area contributed by atoms with Crippen LogP contribution in [-0.4, -0.2) is 5.11 Å². The number of hydrogen-bond acceptors (Lipinski definition) is 3. The Kier molecular flexibility index (Phi) is 4.66. The Morgan fingerprint density at radius 1 is 1.19 bits per heavy atom.